The molecule has 0 aliphatic carbocycles. The number of cyclic esters (lactones) is 1. The van der Waals surface area contributed by atoms with Gasteiger partial charge in [0.05, 0.1) is 16.4 Å². The molecule has 13 nitrogen and oxygen atoms in total. The molecule has 37 heavy (non-hydrogen) atoms. The SMILES string of the molecule is Cc1nc(-c2ccc(N3CC(CN4CCN(S(=O)(=O)c5ccc([N+](=O)[O-])cc5)CC4)OC3=O)cc2)no1. The van der Waals surface area contributed by atoms with Crippen LogP contribution in [0.15, 0.2) is 57.9 Å². The van der Waals surface area contributed by atoms with Crippen LogP contribution in [0.3, 0.4) is 0 Å². The molecule has 14 heteroatoms. The topological polar surface area (TPSA) is 152 Å². The average molecular weight is 529 g/mol. The minimum atomic E-state index is -3.76. The second-order valence-electron chi connectivity index (χ2n) is 8.76. The number of carbonyl (C=O) groups excluding carboxylic acids is 1. The predicted octanol–water partition coefficient (Wildman–Crippen LogP) is 2.28. The summed E-state index contributed by atoms with van der Waals surface area (Å²) in [6.45, 7) is 4.04. The fraction of sp³-hybridized carbons (Fsp3) is 0.348. The van der Waals surface area contributed by atoms with Crippen molar-refractivity contribution in [3.8, 4) is 11.4 Å². The number of benzene rings is 2. The molecule has 1 unspecified atom stereocenters. The normalized spacial score (nSPS) is 19.2. The Kier molecular flexibility index (Phi) is 6.62. The van der Waals surface area contributed by atoms with E-state index in [1.165, 1.54) is 28.6 Å². The van der Waals surface area contributed by atoms with Crippen LogP contribution in [0.5, 0.6) is 0 Å². The number of aryl methyl sites for hydroxylation is 1. The molecule has 2 aliphatic heterocycles. The van der Waals surface area contributed by atoms with Crippen molar-refractivity contribution in [2.75, 3.05) is 44.2 Å². The summed E-state index contributed by atoms with van der Waals surface area (Å²) < 4.78 is 37.8. The van der Waals surface area contributed by atoms with Gasteiger partial charge in [0.15, 0.2) is 0 Å². The number of piperazine rings is 1. The van der Waals surface area contributed by atoms with Crippen molar-refractivity contribution in [2.45, 2.75) is 17.9 Å². The molecule has 0 saturated carbocycles. The lowest BCUT2D eigenvalue weighted by molar-refractivity contribution is -0.384. The second-order valence-corrected chi connectivity index (χ2v) is 10.7. The zero-order valence-corrected chi connectivity index (χ0v) is 20.7. The number of nitrogens with zero attached hydrogens (tertiary/aromatic N) is 6. The Hall–Kier alpha value is -3.88. The molecule has 0 spiro atoms. The molecule has 0 N–H and O–H groups in total. The van der Waals surface area contributed by atoms with Gasteiger partial charge in [-0.2, -0.15) is 9.29 Å². The van der Waals surface area contributed by atoms with Gasteiger partial charge >= 0.3 is 6.09 Å². The van der Waals surface area contributed by atoms with Crippen molar-refractivity contribution < 1.29 is 27.4 Å². The Bertz CT molecular complexity index is 1400. The number of hydrogen-bond donors (Lipinski definition) is 0. The first-order valence-electron chi connectivity index (χ1n) is 11.6. The maximum Gasteiger partial charge on any atom is 0.414 e. The molecule has 0 radical (unpaired) electrons. The summed E-state index contributed by atoms with van der Waals surface area (Å²) in [5, 5.41) is 14.7. The molecule has 3 heterocycles. The number of nitro groups is 1. The molecule has 5 rings (SSSR count). The van der Waals surface area contributed by atoms with Gasteiger partial charge < -0.3 is 9.26 Å². The van der Waals surface area contributed by atoms with Gasteiger partial charge in [-0.1, -0.05) is 5.16 Å². The summed E-state index contributed by atoms with van der Waals surface area (Å²) in [7, 11) is -3.76. The van der Waals surface area contributed by atoms with Gasteiger partial charge in [-0.3, -0.25) is 19.9 Å². The Morgan fingerprint density at radius 3 is 2.32 bits per heavy atom. The number of aromatic nitrogens is 2. The molecular weight excluding hydrogens is 504 g/mol. The van der Waals surface area contributed by atoms with E-state index in [2.05, 4.69) is 15.0 Å². The van der Waals surface area contributed by atoms with Crippen LogP contribution in [0.25, 0.3) is 11.4 Å². The van der Waals surface area contributed by atoms with E-state index < -0.39 is 21.0 Å². The zero-order chi connectivity index (χ0) is 26.2. The van der Waals surface area contributed by atoms with Crippen LogP contribution in [0.4, 0.5) is 16.2 Å². The van der Waals surface area contributed by atoms with Crippen molar-refractivity contribution in [2.24, 2.45) is 0 Å². The zero-order valence-electron chi connectivity index (χ0n) is 19.9. The molecule has 2 fully saturated rings. The van der Waals surface area contributed by atoms with Crippen molar-refractivity contribution in [3.63, 3.8) is 0 Å². The van der Waals surface area contributed by atoms with Crippen LogP contribution >= 0.6 is 0 Å². The van der Waals surface area contributed by atoms with E-state index in [0.29, 0.717) is 43.6 Å². The lowest BCUT2D eigenvalue weighted by Gasteiger charge is -2.34. The van der Waals surface area contributed by atoms with E-state index in [9.17, 15) is 23.3 Å². The third kappa shape index (κ3) is 5.16. The highest BCUT2D eigenvalue weighted by atomic mass is 32.2. The number of ether oxygens (including phenoxy) is 1. The van der Waals surface area contributed by atoms with Gasteiger partial charge in [-0.05, 0) is 36.4 Å². The highest BCUT2D eigenvalue weighted by Gasteiger charge is 2.35. The van der Waals surface area contributed by atoms with E-state index >= 15 is 0 Å². The monoisotopic (exact) mass is 528 g/mol. The number of carbonyl (C=O) groups is 1. The minimum absolute atomic E-state index is 0.0207. The lowest BCUT2D eigenvalue weighted by Crippen LogP contribution is -2.50. The van der Waals surface area contributed by atoms with E-state index in [0.717, 1.165) is 5.56 Å². The lowest BCUT2D eigenvalue weighted by atomic mass is 10.2. The van der Waals surface area contributed by atoms with E-state index in [1.807, 2.05) is 12.1 Å². The van der Waals surface area contributed by atoms with Gasteiger partial charge in [0.1, 0.15) is 6.10 Å². The summed E-state index contributed by atoms with van der Waals surface area (Å²) in [6.07, 6.45) is -0.794. The standard InChI is InChI=1S/C23H24N6O7S/c1-16-24-22(25-36-16)17-2-4-18(5-3-17)28-15-20(35-23(28)30)14-26-10-12-27(13-11-26)37(33,34)21-8-6-19(7-9-21)29(31)32/h2-9,20H,10-15H2,1H3. The highest BCUT2D eigenvalue weighted by Crippen LogP contribution is 2.26. The van der Waals surface area contributed by atoms with E-state index in [-0.39, 0.29) is 29.8 Å². The molecule has 1 aromatic heterocycles. The van der Waals surface area contributed by atoms with Crippen molar-refractivity contribution in [1.29, 1.82) is 0 Å². The number of amides is 1. The van der Waals surface area contributed by atoms with Crippen molar-refractivity contribution >= 4 is 27.5 Å². The Morgan fingerprint density at radius 1 is 1.05 bits per heavy atom. The molecule has 2 saturated heterocycles. The first-order valence-corrected chi connectivity index (χ1v) is 13.0. The quantitative estimate of drug-likeness (QED) is 0.330. The summed E-state index contributed by atoms with van der Waals surface area (Å²) in [6, 6.07) is 12.1. The number of non-ortho nitro benzene ring substituents is 1. The van der Waals surface area contributed by atoms with Crippen molar-refractivity contribution in [3.05, 3.63) is 64.5 Å². The highest BCUT2D eigenvalue weighted by molar-refractivity contribution is 7.89. The van der Waals surface area contributed by atoms with Gasteiger partial charge in [0.25, 0.3) is 5.69 Å². The third-order valence-corrected chi connectivity index (χ3v) is 8.23. The minimum Gasteiger partial charge on any atom is -0.443 e. The Labute approximate surface area is 212 Å². The van der Waals surface area contributed by atoms with Crippen molar-refractivity contribution in [1.82, 2.24) is 19.3 Å². The number of anilines is 1. The molecule has 2 aromatic carbocycles. The van der Waals surface area contributed by atoms with Crippen LogP contribution < -0.4 is 4.90 Å². The van der Waals surface area contributed by atoms with E-state index in [4.69, 9.17) is 9.26 Å². The molecule has 3 aromatic rings. The molecule has 0 bridgehead atoms. The average Bonchev–Trinajstić information content (AvgIpc) is 3.49. The molecule has 1 atom stereocenters. The maximum absolute atomic E-state index is 12.9. The Balaban J connectivity index is 1.15. The molecule has 194 valence electrons. The summed E-state index contributed by atoms with van der Waals surface area (Å²) in [4.78, 5) is 30.6. The number of rotatable bonds is 7. The summed E-state index contributed by atoms with van der Waals surface area (Å²) >= 11 is 0. The fourth-order valence-electron chi connectivity index (χ4n) is 4.36. The second kappa shape index (κ2) is 9.88. The molecule has 1 amide bonds. The van der Waals surface area contributed by atoms with Crippen LogP contribution in [0.2, 0.25) is 0 Å². The number of hydrogen-bond acceptors (Lipinski definition) is 10. The first-order chi connectivity index (χ1) is 17.7. The van der Waals surface area contributed by atoms with E-state index in [1.54, 1.807) is 24.0 Å². The fourth-order valence-corrected chi connectivity index (χ4v) is 5.79. The van der Waals surface area contributed by atoms with Crippen LogP contribution in [-0.4, -0.2) is 84.2 Å². The van der Waals surface area contributed by atoms with Crippen LogP contribution in [0.1, 0.15) is 5.89 Å². The molecular formula is C23H24N6O7S. The number of sulfonamides is 1. The Morgan fingerprint density at radius 2 is 1.73 bits per heavy atom. The maximum atomic E-state index is 12.9. The summed E-state index contributed by atoms with van der Waals surface area (Å²) in [5.41, 5.74) is 1.30. The largest absolute Gasteiger partial charge is 0.443 e. The first kappa shape index (κ1) is 24.8. The van der Waals surface area contributed by atoms with Gasteiger partial charge in [0, 0.05) is 63.0 Å². The van der Waals surface area contributed by atoms with Gasteiger partial charge in [0.2, 0.25) is 21.7 Å². The van der Waals surface area contributed by atoms with Gasteiger partial charge in [-0.15, -0.1) is 0 Å². The smallest absolute Gasteiger partial charge is 0.414 e. The number of nitro benzene ring substituents is 1. The molecule has 2 aliphatic rings. The van der Waals surface area contributed by atoms with Crippen LogP contribution in [-0.2, 0) is 14.8 Å². The predicted molar refractivity (Wildman–Crippen MR) is 130 cm³/mol. The van der Waals surface area contributed by atoms with Gasteiger partial charge in [-0.25, -0.2) is 13.2 Å². The van der Waals surface area contributed by atoms with Crippen LogP contribution in [0, 0.1) is 17.0 Å². The summed E-state index contributed by atoms with van der Waals surface area (Å²) in [5.74, 6) is 0.940. The third-order valence-electron chi connectivity index (χ3n) is 6.32.